The van der Waals surface area contributed by atoms with E-state index in [-0.39, 0.29) is 11.6 Å². The Bertz CT molecular complexity index is 784. The highest BCUT2D eigenvalue weighted by Crippen LogP contribution is 2.29. The lowest BCUT2D eigenvalue weighted by molar-refractivity contribution is 0.597. The summed E-state index contributed by atoms with van der Waals surface area (Å²) in [7, 11) is -3.38. The predicted molar refractivity (Wildman–Crippen MR) is 98.6 cm³/mol. The topological polar surface area (TPSA) is 84.0 Å². The lowest BCUT2D eigenvalue weighted by Gasteiger charge is -2.12. The molecule has 2 aromatic rings. The highest BCUT2D eigenvalue weighted by molar-refractivity contribution is 7.92. The van der Waals surface area contributed by atoms with E-state index in [9.17, 15) is 8.42 Å². The highest BCUT2D eigenvalue weighted by Gasteiger charge is 2.11. The second kappa shape index (κ2) is 7.81. The van der Waals surface area contributed by atoms with Crippen molar-refractivity contribution in [3.63, 3.8) is 0 Å². The summed E-state index contributed by atoms with van der Waals surface area (Å²) in [5.74, 6) is 0.757. The molecule has 1 heterocycles. The van der Waals surface area contributed by atoms with Gasteiger partial charge in [0.15, 0.2) is 11.6 Å². The van der Waals surface area contributed by atoms with Gasteiger partial charge in [-0.3, -0.25) is 4.72 Å². The Morgan fingerprint density at radius 1 is 1.12 bits per heavy atom. The van der Waals surface area contributed by atoms with E-state index in [1.54, 1.807) is 12.1 Å². The van der Waals surface area contributed by atoms with Crippen LogP contribution >= 0.6 is 11.6 Å². The molecule has 0 amide bonds. The van der Waals surface area contributed by atoms with Crippen molar-refractivity contribution in [1.82, 2.24) is 10.2 Å². The van der Waals surface area contributed by atoms with Crippen molar-refractivity contribution in [3.05, 3.63) is 40.4 Å². The molecule has 1 aromatic heterocycles. The van der Waals surface area contributed by atoms with Gasteiger partial charge in [-0.05, 0) is 49.6 Å². The Morgan fingerprint density at radius 2 is 1.79 bits per heavy atom. The van der Waals surface area contributed by atoms with Crippen molar-refractivity contribution in [2.24, 2.45) is 0 Å². The van der Waals surface area contributed by atoms with Crippen LogP contribution in [0.2, 0.25) is 5.02 Å². The van der Waals surface area contributed by atoms with Gasteiger partial charge in [-0.25, -0.2) is 8.42 Å². The third kappa shape index (κ3) is 5.07. The number of hydrogen-bond acceptors (Lipinski definition) is 5. The van der Waals surface area contributed by atoms with Crippen LogP contribution in [-0.4, -0.2) is 24.4 Å². The maximum absolute atomic E-state index is 11.8. The van der Waals surface area contributed by atoms with Crippen molar-refractivity contribution in [2.75, 3.05) is 15.8 Å². The molecule has 0 spiro atoms. The molecule has 0 radical (unpaired) electrons. The van der Waals surface area contributed by atoms with Crippen LogP contribution < -0.4 is 10.0 Å². The van der Waals surface area contributed by atoms with E-state index in [1.165, 1.54) is 0 Å². The van der Waals surface area contributed by atoms with E-state index >= 15 is 0 Å². The molecule has 0 aliphatic heterocycles. The Morgan fingerprint density at radius 3 is 2.38 bits per heavy atom. The number of nitrogens with zero attached hydrogens (tertiary/aromatic N) is 2. The third-order valence-corrected chi connectivity index (χ3v) is 5.02. The van der Waals surface area contributed by atoms with Crippen LogP contribution in [0.4, 0.5) is 17.3 Å². The van der Waals surface area contributed by atoms with Crippen molar-refractivity contribution in [1.29, 1.82) is 0 Å². The largest absolute Gasteiger partial charge is 0.337 e. The van der Waals surface area contributed by atoms with E-state index in [0.29, 0.717) is 17.3 Å². The van der Waals surface area contributed by atoms with E-state index in [4.69, 9.17) is 11.6 Å². The normalized spacial score (nSPS) is 11.3. The van der Waals surface area contributed by atoms with Crippen molar-refractivity contribution < 1.29 is 8.42 Å². The van der Waals surface area contributed by atoms with Crippen molar-refractivity contribution in [3.8, 4) is 0 Å². The van der Waals surface area contributed by atoms with Crippen molar-refractivity contribution >= 4 is 38.9 Å². The molecule has 8 heteroatoms. The minimum atomic E-state index is -3.38. The SMILES string of the molecule is CCCCS(=O)(=O)Nc1ccc(Nc2c(C)cc(C)cc2Cl)nn1. The van der Waals surface area contributed by atoms with Gasteiger partial charge in [-0.2, -0.15) is 0 Å². The van der Waals surface area contributed by atoms with Crippen LogP contribution in [0, 0.1) is 13.8 Å². The predicted octanol–water partition coefficient (Wildman–Crippen LogP) is 4.03. The average molecular weight is 369 g/mol. The highest BCUT2D eigenvalue weighted by atomic mass is 35.5. The number of rotatable bonds is 7. The first kappa shape index (κ1) is 18.5. The van der Waals surface area contributed by atoms with Crippen LogP contribution in [0.1, 0.15) is 30.9 Å². The molecule has 0 saturated heterocycles. The number of halogens is 1. The first-order valence-corrected chi connectivity index (χ1v) is 9.72. The lowest BCUT2D eigenvalue weighted by atomic mass is 10.1. The zero-order chi connectivity index (χ0) is 17.7. The summed E-state index contributed by atoms with van der Waals surface area (Å²) in [6.07, 6.45) is 1.42. The molecule has 0 aliphatic carbocycles. The number of aryl methyl sites for hydroxylation is 2. The van der Waals surface area contributed by atoms with Crippen LogP contribution in [0.25, 0.3) is 0 Å². The number of hydrogen-bond donors (Lipinski definition) is 2. The van der Waals surface area contributed by atoms with E-state index < -0.39 is 10.0 Å². The molecule has 0 unspecified atom stereocenters. The second-order valence-electron chi connectivity index (χ2n) is 5.64. The van der Waals surface area contributed by atoms with E-state index in [0.717, 1.165) is 23.2 Å². The summed E-state index contributed by atoms with van der Waals surface area (Å²) in [6, 6.07) is 7.09. The van der Waals surface area contributed by atoms with Gasteiger partial charge in [0.05, 0.1) is 16.5 Å². The van der Waals surface area contributed by atoms with Gasteiger partial charge in [0.1, 0.15) is 0 Å². The van der Waals surface area contributed by atoms with E-state index in [1.807, 2.05) is 32.9 Å². The van der Waals surface area contributed by atoms with Crippen LogP contribution in [-0.2, 0) is 10.0 Å². The molecule has 0 atom stereocenters. The maximum Gasteiger partial charge on any atom is 0.233 e. The fraction of sp³-hybridized carbons (Fsp3) is 0.375. The monoisotopic (exact) mass is 368 g/mol. The Balaban J connectivity index is 2.10. The average Bonchev–Trinajstić information content (AvgIpc) is 2.50. The number of benzene rings is 1. The standard InChI is InChI=1S/C16H21ClN4O2S/c1-4-5-8-24(22,23)21-15-7-6-14(19-20-15)18-16-12(3)9-11(2)10-13(16)17/h6-7,9-10H,4-5,8H2,1-3H3,(H,18,19)(H,20,21). The zero-order valence-electron chi connectivity index (χ0n) is 13.9. The lowest BCUT2D eigenvalue weighted by Crippen LogP contribution is -2.17. The Kier molecular flexibility index (Phi) is 6.01. The molecular formula is C16H21ClN4O2S. The summed E-state index contributed by atoms with van der Waals surface area (Å²) < 4.78 is 26.1. The fourth-order valence-electron chi connectivity index (χ4n) is 2.20. The number of aromatic nitrogens is 2. The molecule has 0 bridgehead atoms. The van der Waals surface area contributed by atoms with Gasteiger partial charge < -0.3 is 5.32 Å². The number of anilines is 3. The molecule has 6 nitrogen and oxygen atoms in total. The van der Waals surface area contributed by atoms with Crippen LogP contribution in [0.15, 0.2) is 24.3 Å². The summed E-state index contributed by atoms with van der Waals surface area (Å²) in [5.41, 5.74) is 2.82. The second-order valence-corrected chi connectivity index (χ2v) is 7.89. The van der Waals surface area contributed by atoms with Crippen molar-refractivity contribution in [2.45, 2.75) is 33.6 Å². The quantitative estimate of drug-likeness (QED) is 0.770. The molecular weight excluding hydrogens is 348 g/mol. The van der Waals surface area contributed by atoms with Gasteiger partial charge in [0, 0.05) is 0 Å². The van der Waals surface area contributed by atoms with Gasteiger partial charge in [0.2, 0.25) is 10.0 Å². The summed E-state index contributed by atoms with van der Waals surface area (Å²) >= 11 is 6.25. The van der Waals surface area contributed by atoms with Crippen LogP contribution in [0.5, 0.6) is 0 Å². The summed E-state index contributed by atoms with van der Waals surface area (Å²) in [6.45, 7) is 5.86. The summed E-state index contributed by atoms with van der Waals surface area (Å²) in [4.78, 5) is 0. The third-order valence-electron chi connectivity index (χ3n) is 3.38. The molecule has 0 aliphatic rings. The number of unbranched alkanes of at least 4 members (excludes halogenated alkanes) is 1. The smallest absolute Gasteiger partial charge is 0.233 e. The molecule has 2 rings (SSSR count). The van der Waals surface area contributed by atoms with Gasteiger partial charge in [-0.15, -0.1) is 10.2 Å². The fourth-order valence-corrected chi connectivity index (χ4v) is 3.77. The Hall–Kier alpha value is -1.86. The molecule has 24 heavy (non-hydrogen) atoms. The van der Waals surface area contributed by atoms with Gasteiger partial charge in [-0.1, -0.05) is 31.0 Å². The minimum absolute atomic E-state index is 0.0728. The molecule has 0 fully saturated rings. The van der Waals surface area contributed by atoms with Gasteiger partial charge >= 0.3 is 0 Å². The van der Waals surface area contributed by atoms with Gasteiger partial charge in [0.25, 0.3) is 0 Å². The zero-order valence-corrected chi connectivity index (χ0v) is 15.5. The number of nitrogens with one attached hydrogen (secondary N) is 2. The number of sulfonamides is 1. The van der Waals surface area contributed by atoms with Crippen LogP contribution in [0.3, 0.4) is 0 Å². The Labute approximate surface area is 147 Å². The molecule has 2 N–H and O–H groups in total. The molecule has 1 aromatic carbocycles. The minimum Gasteiger partial charge on any atom is -0.337 e. The summed E-state index contributed by atoms with van der Waals surface area (Å²) in [5, 5.41) is 11.6. The molecule has 0 saturated carbocycles. The molecule has 130 valence electrons. The van der Waals surface area contributed by atoms with E-state index in [2.05, 4.69) is 20.2 Å². The maximum atomic E-state index is 11.8. The first-order chi connectivity index (χ1) is 11.3. The first-order valence-electron chi connectivity index (χ1n) is 7.68.